The number of benzene rings is 1. The maximum Gasteiger partial charge on any atom is 0.251 e. The van der Waals surface area contributed by atoms with E-state index in [1.165, 1.54) is 21.8 Å². The predicted molar refractivity (Wildman–Crippen MR) is 107 cm³/mol. The zero-order chi connectivity index (χ0) is 19.0. The molecule has 4 N–H and O–H groups in total. The second-order valence-electron chi connectivity index (χ2n) is 7.36. The highest BCUT2D eigenvalue weighted by Gasteiger charge is 2.38. The van der Waals surface area contributed by atoms with Gasteiger partial charge in [-0.2, -0.15) is 0 Å². The average Bonchev–Trinajstić information content (AvgIpc) is 3.22. The number of primary amides is 1. The van der Waals surface area contributed by atoms with Gasteiger partial charge >= 0.3 is 0 Å². The fraction of sp³-hybridized carbons (Fsp3) is 0.333. The van der Waals surface area contributed by atoms with Crippen LogP contribution in [0.4, 0.5) is 5.00 Å². The first-order chi connectivity index (χ1) is 13.0. The SMILES string of the molecule is Cc1nocc1CCC1(c2ccccc2)CCc2c(sc(N)c2C(N)=O)C1. The molecule has 2 heterocycles. The zero-order valence-corrected chi connectivity index (χ0v) is 16.1. The van der Waals surface area contributed by atoms with E-state index in [1.54, 1.807) is 6.26 Å². The molecule has 5 nitrogen and oxygen atoms in total. The first-order valence-electron chi connectivity index (χ1n) is 9.15. The Balaban J connectivity index is 1.71. The van der Waals surface area contributed by atoms with Crippen molar-refractivity contribution in [3.8, 4) is 0 Å². The molecule has 1 aliphatic rings. The van der Waals surface area contributed by atoms with Crippen LogP contribution in [0, 0.1) is 6.92 Å². The van der Waals surface area contributed by atoms with E-state index in [0.717, 1.165) is 48.9 Å². The number of anilines is 1. The summed E-state index contributed by atoms with van der Waals surface area (Å²) in [6, 6.07) is 10.6. The largest absolute Gasteiger partial charge is 0.390 e. The number of nitrogen functional groups attached to an aromatic ring is 1. The van der Waals surface area contributed by atoms with Gasteiger partial charge in [0.1, 0.15) is 6.26 Å². The second-order valence-corrected chi connectivity index (χ2v) is 8.49. The summed E-state index contributed by atoms with van der Waals surface area (Å²) >= 11 is 1.51. The molecule has 0 saturated heterocycles. The van der Waals surface area contributed by atoms with Crippen molar-refractivity contribution < 1.29 is 9.32 Å². The van der Waals surface area contributed by atoms with Crippen LogP contribution in [0.25, 0.3) is 0 Å². The molecule has 0 aliphatic heterocycles. The molecule has 6 heteroatoms. The lowest BCUT2D eigenvalue weighted by Crippen LogP contribution is -2.34. The van der Waals surface area contributed by atoms with Gasteiger partial charge in [-0.05, 0) is 50.2 Å². The number of hydrogen-bond acceptors (Lipinski definition) is 5. The van der Waals surface area contributed by atoms with E-state index in [2.05, 4.69) is 29.4 Å². The highest BCUT2D eigenvalue weighted by Crippen LogP contribution is 2.46. The minimum absolute atomic E-state index is 0.00415. The predicted octanol–water partition coefficient (Wildman–Crippen LogP) is 3.79. The smallest absolute Gasteiger partial charge is 0.251 e. The van der Waals surface area contributed by atoms with Crippen LogP contribution in [-0.4, -0.2) is 11.1 Å². The van der Waals surface area contributed by atoms with Crippen LogP contribution in [-0.2, 0) is 24.7 Å². The molecule has 0 spiro atoms. The van der Waals surface area contributed by atoms with Gasteiger partial charge in [0.05, 0.1) is 16.3 Å². The third-order valence-corrected chi connectivity index (χ3v) is 6.89. The zero-order valence-electron chi connectivity index (χ0n) is 15.3. The summed E-state index contributed by atoms with van der Waals surface area (Å²) in [6.07, 6.45) is 6.30. The number of rotatable bonds is 5. The number of carbonyl (C=O) groups is 1. The molecular formula is C21H23N3O2S. The van der Waals surface area contributed by atoms with E-state index in [9.17, 15) is 4.79 Å². The maximum absolute atomic E-state index is 11.8. The molecule has 1 amide bonds. The van der Waals surface area contributed by atoms with Crippen LogP contribution >= 0.6 is 11.3 Å². The number of fused-ring (bicyclic) bond motifs is 1. The molecule has 3 aromatic rings. The number of carbonyl (C=O) groups excluding carboxylic acids is 1. The van der Waals surface area contributed by atoms with Gasteiger partial charge in [-0.1, -0.05) is 35.5 Å². The van der Waals surface area contributed by atoms with Gasteiger partial charge in [0.25, 0.3) is 5.91 Å². The molecule has 2 aromatic heterocycles. The standard InChI is InChI=1S/C21H23N3O2S/c1-13-14(12-26-24-13)7-9-21(15-5-3-2-4-6-15)10-8-16-17(11-21)27-20(23)18(16)19(22)25/h2-6,12H,7-11,23H2,1H3,(H2,22,25). The van der Waals surface area contributed by atoms with Crippen molar-refractivity contribution in [1.82, 2.24) is 5.16 Å². The summed E-state index contributed by atoms with van der Waals surface area (Å²) < 4.78 is 5.11. The summed E-state index contributed by atoms with van der Waals surface area (Å²) in [5.74, 6) is -0.419. The van der Waals surface area contributed by atoms with E-state index in [1.807, 2.05) is 13.0 Å². The van der Waals surface area contributed by atoms with Gasteiger partial charge < -0.3 is 16.0 Å². The Morgan fingerprint density at radius 2 is 2.11 bits per heavy atom. The van der Waals surface area contributed by atoms with Gasteiger partial charge in [-0.15, -0.1) is 11.3 Å². The first-order valence-corrected chi connectivity index (χ1v) is 9.97. The van der Waals surface area contributed by atoms with Crippen molar-refractivity contribution >= 4 is 22.2 Å². The van der Waals surface area contributed by atoms with E-state index in [0.29, 0.717) is 10.6 Å². The van der Waals surface area contributed by atoms with E-state index < -0.39 is 5.91 Å². The molecule has 27 heavy (non-hydrogen) atoms. The van der Waals surface area contributed by atoms with Crippen LogP contribution in [0.5, 0.6) is 0 Å². The molecule has 1 aliphatic carbocycles. The Hall–Kier alpha value is -2.60. The van der Waals surface area contributed by atoms with Crippen molar-refractivity contribution in [2.75, 3.05) is 5.73 Å². The number of nitrogens with two attached hydrogens (primary N) is 2. The topological polar surface area (TPSA) is 95.1 Å². The monoisotopic (exact) mass is 381 g/mol. The number of aryl methyl sites for hydroxylation is 2. The van der Waals surface area contributed by atoms with Crippen LogP contribution in [0.2, 0.25) is 0 Å². The van der Waals surface area contributed by atoms with E-state index >= 15 is 0 Å². The summed E-state index contributed by atoms with van der Waals surface area (Å²) in [4.78, 5) is 13.0. The Morgan fingerprint density at radius 1 is 1.33 bits per heavy atom. The third-order valence-electron chi connectivity index (χ3n) is 5.83. The molecule has 0 fully saturated rings. The molecule has 4 rings (SSSR count). The van der Waals surface area contributed by atoms with Crippen LogP contribution in [0.1, 0.15) is 50.5 Å². The summed E-state index contributed by atoms with van der Waals surface area (Å²) in [5.41, 5.74) is 16.7. The molecular weight excluding hydrogens is 358 g/mol. The molecule has 0 radical (unpaired) electrons. The van der Waals surface area contributed by atoms with Gasteiger partial charge in [0, 0.05) is 15.9 Å². The summed E-state index contributed by atoms with van der Waals surface area (Å²) in [7, 11) is 0. The minimum atomic E-state index is -0.419. The quantitative estimate of drug-likeness (QED) is 0.703. The van der Waals surface area contributed by atoms with E-state index in [-0.39, 0.29) is 5.41 Å². The van der Waals surface area contributed by atoms with Crippen molar-refractivity contribution in [2.24, 2.45) is 5.73 Å². The normalized spacial score (nSPS) is 19.0. The lowest BCUT2D eigenvalue weighted by atomic mass is 9.66. The number of hydrogen-bond donors (Lipinski definition) is 2. The second kappa shape index (κ2) is 6.85. The molecule has 0 saturated carbocycles. The summed E-state index contributed by atoms with van der Waals surface area (Å²) in [6.45, 7) is 1.98. The van der Waals surface area contributed by atoms with Crippen molar-refractivity contribution in [3.05, 3.63) is 69.4 Å². The van der Waals surface area contributed by atoms with Gasteiger partial charge in [-0.25, -0.2) is 0 Å². The van der Waals surface area contributed by atoms with Crippen LogP contribution in [0.3, 0.4) is 0 Å². The van der Waals surface area contributed by atoms with Gasteiger partial charge in [-0.3, -0.25) is 4.79 Å². The lowest BCUT2D eigenvalue weighted by molar-refractivity contribution is 0.1000. The van der Waals surface area contributed by atoms with Crippen molar-refractivity contribution in [3.63, 3.8) is 0 Å². The Morgan fingerprint density at radius 3 is 2.78 bits per heavy atom. The molecule has 1 atom stereocenters. The highest BCUT2D eigenvalue weighted by atomic mass is 32.1. The molecule has 1 aromatic carbocycles. The minimum Gasteiger partial charge on any atom is -0.390 e. The van der Waals surface area contributed by atoms with Crippen LogP contribution in [0.15, 0.2) is 41.1 Å². The number of nitrogens with zero attached hydrogens (tertiary/aromatic N) is 1. The fourth-order valence-electron chi connectivity index (χ4n) is 4.29. The average molecular weight is 382 g/mol. The Kier molecular flexibility index (Phi) is 4.52. The highest BCUT2D eigenvalue weighted by molar-refractivity contribution is 7.16. The molecule has 1 unspecified atom stereocenters. The first kappa shape index (κ1) is 17.8. The summed E-state index contributed by atoms with van der Waals surface area (Å²) in [5, 5.41) is 4.55. The van der Waals surface area contributed by atoms with Crippen molar-refractivity contribution in [2.45, 2.75) is 44.4 Å². The van der Waals surface area contributed by atoms with Gasteiger partial charge in [0.2, 0.25) is 0 Å². The molecule has 140 valence electrons. The maximum atomic E-state index is 11.8. The number of thiophene rings is 1. The Labute approximate surface area is 162 Å². The van der Waals surface area contributed by atoms with Gasteiger partial charge in [0.15, 0.2) is 0 Å². The number of aromatic nitrogens is 1. The van der Waals surface area contributed by atoms with Crippen LogP contribution < -0.4 is 11.5 Å². The third kappa shape index (κ3) is 3.14. The Bertz CT molecular complexity index is 977. The molecule has 0 bridgehead atoms. The van der Waals surface area contributed by atoms with Crippen molar-refractivity contribution in [1.29, 1.82) is 0 Å². The fourth-order valence-corrected chi connectivity index (χ4v) is 5.56. The lowest BCUT2D eigenvalue weighted by Gasteiger charge is -2.38. The number of amides is 1. The van der Waals surface area contributed by atoms with E-state index in [4.69, 9.17) is 16.0 Å².